The van der Waals surface area contributed by atoms with Crippen molar-refractivity contribution < 1.29 is 0 Å². The molecule has 2 aromatic heterocycles. The molecule has 19 heavy (non-hydrogen) atoms. The first-order chi connectivity index (χ1) is 9.02. The average molecular weight is 296 g/mol. The van der Waals surface area contributed by atoms with Crippen molar-refractivity contribution in [1.82, 2.24) is 9.97 Å². The normalized spacial score (nSPS) is 11.1. The van der Waals surface area contributed by atoms with E-state index in [0.717, 1.165) is 33.8 Å². The largest absolute Gasteiger partial charge is 0.370 e. The van der Waals surface area contributed by atoms with Gasteiger partial charge in [0.2, 0.25) is 0 Å². The van der Waals surface area contributed by atoms with E-state index in [2.05, 4.69) is 36.1 Å². The minimum Gasteiger partial charge on any atom is -0.370 e. The van der Waals surface area contributed by atoms with E-state index >= 15 is 0 Å². The van der Waals surface area contributed by atoms with Gasteiger partial charge in [0.1, 0.15) is 5.82 Å². The molecular formula is C14H18ClN3S. The fourth-order valence-corrected chi connectivity index (χ4v) is 3.12. The van der Waals surface area contributed by atoms with Gasteiger partial charge < -0.3 is 5.32 Å². The van der Waals surface area contributed by atoms with Crippen LogP contribution in [0.5, 0.6) is 0 Å². The summed E-state index contributed by atoms with van der Waals surface area (Å²) >= 11 is 7.54. The van der Waals surface area contributed by atoms with Gasteiger partial charge in [0.15, 0.2) is 5.82 Å². The number of halogens is 1. The quantitative estimate of drug-likeness (QED) is 0.886. The van der Waals surface area contributed by atoms with Crippen LogP contribution in [0, 0.1) is 6.92 Å². The number of nitrogens with zero attached hydrogens (tertiary/aromatic N) is 2. The van der Waals surface area contributed by atoms with Crippen molar-refractivity contribution in [1.29, 1.82) is 0 Å². The van der Waals surface area contributed by atoms with Crippen molar-refractivity contribution >= 4 is 28.8 Å². The van der Waals surface area contributed by atoms with Gasteiger partial charge in [0, 0.05) is 23.2 Å². The SMILES string of the molecule is CCNc1nc(-c2cc(Cl)cs2)nc(C)c1C(C)C. The Morgan fingerprint density at radius 3 is 2.63 bits per heavy atom. The Hall–Kier alpha value is -1.13. The van der Waals surface area contributed by atoms with E-state index in [1.807, 2.05) is 18.4 Å². The second-order valence-electron chi connectivity index (χ2n) is 4.71. The summed E-state index contributed by atoms with van der Waals surface area (Å²) in [6.45, 7) is 9.28. The van der Waals surface area contributed by atoms with Gasteiger partial charge in [-0.1, -0.05) is 25.4 Å². The van der Waals surface area contributed by atoms with Gasteiger partial charge >= 0.3 is 0 Å². The number of aryl methyl sites for hydroxylation is 1. The average Bonchev–Trinajstić information content (AvgIpc) is 2.75. The molecule has 5 heteroatoms. The molecule has 0 atom stereocenters. The highest BCUT2D eigenvalue weighted by atomic mass is 35.5. The highest BCUT2D eigenvalue weighted by Gasteiger charge is 2.15. The number of anilines is 1. The van der Waals surface area contributed by atoms with Crippen molar-refractivity contribution in [3.8, 4) is 10.7 Å². The Labute approximate surface area is 123 Å². The van der Waals surface area contributed by atoms with Crippen LogP contribution in [0.4, 0.5) is 5.82 Å². The first-order valence-electron chi connectivity index (χ1n) is 6.39. The van der Waals surface area contributed by atoms with Gasteiger partial charge in [-0.15, -0.1) is 11.3 Å². The molecule has 0 saturated carbocycles. The summed E-state index contributed by atoms with van der Waals surface area (Å²) in [6.07, 6.45) is 0. The smallest absolute Gasteiger partial charge is 0.171 e. The molecule has 2 aromatic rings. The maximum atomic E-state index is 5.97. The molecule has 2 heterocycles. The summed E-state index contributed by atoms with van der Waals surface area (Å²) in [5, 5.41) is 5.97. The van der Waals surface area contributed by atoms with Gasteiger partial charge in [-0.05, 0) is 25.8 Å². The molecule has 0 amide bonds. The molecule has 102 valence electrons. The summed E-state index contributed by atoms with van der Waals surface area (Å²) in [4.78, 5) is 10.3. The number of rotatable bonds is 4. The minimum absolute atomic E-state index is 0.398. The number of aromatic nitrogens is 2. The van der Waals surface area contributed by atoms with E-state index in [4.69, 9.17) is 11.6 Å². The molecule has 0 spiro atoms. The van der Waals surface area contributed by atoms with Gasteiger partial charge in [-0.25, -0.2) is 9.97 Å². The summed E-state index contributed by atoms with van der Waals surface area (Å²) < 4.78 is 0. The Bertz CT molecular complexity index is 578. The summed E-state index contributed by atoms with van der Waals surface area (Å²) in [6, 6.07) is 1.91. The number of nitrogens with one attached hydrogen (secondary N) is 1. The summed E-state index contributed by atoms with van der Waals surface area (Å²) in [5.41, 5.74) is 2.22. The number of thiophene rings is 1. The second kappa shape index (κ2) is 5.88. The van der Waals surface area contributed by atoms with E-state index in [0.29, 0.717) is 5.92 Å². The van der Waals surface area contributed by atoms with Crippen LogP contribution in [-0.4, -0.2) is 16.5 Å². The van der Waals surface area contributed by atoms with E-state index < -0.39 is 0 Å². The van der Waals surface area contributed by atoms with E-state index in [1.165, 1.54) is 5.56 Å². The lowest BCUT2D eigenvalue weighted by molar-refractivity contribution is 0.831. The molecule has 0 aromatic carbocycles. The van der Waals surface area contributed by atoms with Gasteiger partial charge in [0.05, 0.1) is 9.90 Å². The number of hydrogen-bond donors (Lipinski definition) is 1. The third-order valence-electron chi connectivity index (χ3n) is 2.85. The van der Waals surface area contributed by atoms with Crippen molar-refractivity contribution in [3.63, 3.8) is 0 Å². The fourth-order valence-electron chi connectivity index (χ4n) is 2.12. The first kappa shape index (κ1) is 14.3. The Balaban J connectivity index is 2.53. The topological polar surface area (TPSA) is 37.8 Å². The van der Waals surface area contributed by atoms with Crippen molar-refractivity contribution in [2.45, 2.75) is 33.6 Å². The zero-order chi connectivity index (χ0) is 14.0. The molecule has 0 radical (unpaired) electrons. The van der Waals surface area contributed by atoms with Crippen molar-refractivity contribution in [3.05, 3.63) is 27.7 Å². The van der Waals surface area contributed by atoms with Crippen LogP contribution < -0.4 is 5.32 Å². The Morgan fingerprint density at radius 2 is 2.11 bits per heavy atom. The van der Waals surface area contributed by atoms with E-state index in [1.54, 1.807) is 11.3 Å². The lowest BCUT2D eigenvalue weighted by Gasteiger charge is -2.16. The molecule has 0 unspecified atom stereocenters. The highest BCUT2D eigenvalue weighted by molar-refractivity contribution is 7.14. The second-order valence-corrected chi connectivity index (χ2v) is 6.06. The summed E-state index contributed by atoms with van der Waals surface area (Å²) in [7, 11) is 0. The molecule has 0 fully saturated rings. The van der Waals surface area contributed by atoms with E-state index in [-0.39, 0.29) is 0 Å². The van der Waals surface area contributed by atoms with Crippen LogP contribution >= 0.6 is 22.9 Å². The first-order valence-corrected chi connectivity index (χ1v) is 7.65. The molecule has 0 bridgehead atoms. The Kier molecular flexibility index (Phi) is 4.42. The zero-order valence-electron chi connectivity index (χ0n) is 11.6. The summed E-state index contributed by atoms with van der Waals surface area (Å²) in [5.74, 6) is 2.08. The molecule has 0 saturated heterocycles. The maximum Gasteiger partial charge on any atom is 0.171 e. The van der Waals surface area contributed by atoms with Gasteiger partial charge in [0.25, 0.3) is 0 Å². The molecule has 0 aliphatic rings. The third kappa shape index (κ3) is 3.07. The van der Waals surface area contributed by atoms with Crippen molar-refractivity contribution in [2.24, 2.45) is 0 Å². The van der Waals surface area contributed by atoms with Crippen LogP contribution in [0.1, 0.15) is 37.9 Å². The van der Waals surface area contributed by atoms with Crippen LogP contribution in [0.25, 0.3) is 10.7 Å². The predicted molar refractivity (Wildman–Crippen MR) is 83.3 cm³/mol. The molecule has 0 aliphatic carbocycles. The lowest BCUT2D eigenvalue weighted by atomic mass is 10.0. The highest BCUT2D eigenvalue weighted by Crippen LogP contribution is 2.31. The van der Waals surface area contributed by atoms with Crippen LogP contribution in [-0.2, 0) is 0 Å². The predicted octanol–water partition coefficient (Wildman–Crippen LogP) is 4.72. The standard InChI is InChI=1S/C14H18ClN3S/c1-5-16-14-12(8(2)3)9(4)17-13(18-14)11-6-10(15)7-19-11/h6-8H,5H2,1-4H3,(H,16,17,18). The molecule has 1 N–H and O–H groups in total. The number of hydrogen-bond acceptors (Lipinski definition) is 4. The fraction of sp³-hybridized carbons (Fsp3) is 0.429. The molecule has 3 nitrogen and oxygen atoms in total. The minimum atomic E-state index is 0.398. The molecule has 0 aliphatic heterocycles. The van der Waals surface area contributed by atoms with Crippen LogP contribution in [0.2, 0.25) is 5.02 Å². The van der Waals surface area contributed by atoms with Gasteiger partial charge in [-0.3, -0.25) is 0 Å². The van der Waals surface area contributed by atoms with Gasteiger partial charge in [-0.2, -0.15) is 0 Å². The molecule has 2 rings (SSSR count). The Morgan fingerprint density at radius 1 is 1.37 bits per heavy atom. The third-order valence-corrected chi connectivity index (χ3v) is 4.12. The van der Waals surface area contributed by atoms with Crippen LogP contribution in [0.3, 0.4) is 0 Å². The van der Waals surface area contributed by atoms with E-state index in [9.17, 15) is 0 Å². The monoisotopic (exact) mass is 295 g/mol. The zero-order valence-corrected chi connectivity index (χ0v) is 13.2. The van der Waals surface area contributed by atoms with Crippen LogP contribution in [0.15, 0.2) is 11.4 Å². The van der Waals surface area contributed by atoms with Crippen molar-refractivity contribution in [2.75, 3.05) is 11.9 Å². The molecular weight excluding hydrogens is 278 g/mol. The maximum absolute atomic E-state index is 5.97. The lowest BCUT2D eigenvalue weighted by Crippen LogP contribution is -2.09.